The van der Waals surface area contributed by atoms with Gasteiger partial charge in [-0.25, -0.2) is 0 Å². The highest BCUT2D eigenvalue weighted by molar-refractivity contribution is 5.75. The lowest BCUT2D eigenvalue weighted by atomic mass is 9.97. The Labute approximate surface area is 67.4 Å². The molecule has 3 nitrogen and oxygen atoms in total. The maximum absolute atomic E-state index is 11.1. The largest absolute Gasteiger partial charge is 0.436 e. The summed E-state index contributed by atoms with van der Waals surface area (Å²) in [5.41, 5.74) is -0.532. The number of carbonyl (C=O) groups is 1. The summed E-state index contributed by atoms with van der Waals surface area (Å²) < 4.78 is 4.68. The van der Waals surface area contributed by atoms with Gasteiger partial charge in [0.25, 0.3) is 0 Å². The molecule has 0 aromatic rings. The average molecular weight is 160 g/mol. The van der Waals surface area contributed by atoms with Gasteiger partial charge in [-0.05, 0) is 20.8 Å². The number of esters is 1. The van der Waals surface area contributed by atoms with Gasteiger partial charge in [0.05, 0.1) is 5.41 Å². The van der Waals surface area contributed by atoms with Crippen molar-refractivity contribution < 1.29 is 14.6 Å². The molecule has 0 aromatic carbocycles. The number of rotatable bonds is 2. The summed E-state index contributed by atoms with van der Waals surface area (Å²) in [4.78, 5) is 11.1. The van der Waals surface area contributed by atoms with E-state index in [1.807, 2.05) is 0 Å². The van der Waals surface area contributed by atoms with E-state index in [4.69, 9.17) is 5.11 Å². The lowest BCUT2D eigenvalue weighted by Crippen LogP contribution is -2.27. The van der Waals surface area contributed by atoms with E-state index in [0.29, 0.717) is 6.42 Å². The number of aliphatic hydroxyl groups is 1. The summed E-state index contributed by atoms with van der Waals surface area (Å²) in [6.07, 6.45) is -0.524. The molecule has 66 valence electrons. The second-order valence-electron chi connectivity index (χ2n) is 3.52. The quantitative estimate of drug-likeness (QED) is 0.489. The van der Waals surface area contributed by atoms with E-state index < -0.39 is 11.7 Å². The van der Waals surface area contributed by atoms with E-state index in [9.17, 15) is 4.79 Å². The van der Waals surface area contributed by atoms with E-state index in [2.05, 4.69) is 4.74 Å². The Morgan fingerprint density at radius 2 is 2.00 bits per heavy atom. The standard InChI is InChI=1S/C8H16O3/c1-5-6(9)11-7(10)8(2,3)4/h6,9H,5H2,1-4H3. The molecule has 0 fully saturated rings. The molecule has 0 spiro atoms. The lowest BCUT2D eigenvalue weighted by Gasteiger charge is -2.18. The third kappa shape index (κ3) is 3.98. The molecule has 0 aliphatic heterocycles. The van der Waals surface area contributed by atoms with Gasteiger partial charge in [-0.3, -0.25) is 4.79 Å². The molecule has 0 saturated heterocycles. The van der Waals surface area contributed by atoms with Crippen LogP contribution in [0.3, 0.4) is 0 Å². The normalized spacial score (nSPS) is 14.3. The van der Waals surface area contributed by atoms with Gasteiger partial charge in [-0.1, -0.05) is 6.92 Å². The zero-order chi connectivity index (χ0) is 9.07. The van der Waals surface area contributed by atoms with Gasteiger partial charge in [-0.15, -0.1) is 0 Å². The first kappa shape index (κ1) is 10.4. The van der Waals surface area contributed by atoms with E-state index in [1.165, 1.54) is 0 Å². The van der Waals surface area contributed by atoms with Crippen molar-refractivity contribution >= 4 is 5.97 Å². The van der Waals surface area contributed by atoms with Gasteiger partial charge in [0, 0.05) is 6.42 Å². The Kier molecular flexibility index (Phi) is 3.52. The maximum Gasteiger partial charge on any atom is 0.313 e. The predicted molar refractivity (Wildman–Crippen MR) is 41.8 cm³/mol. The fourth-order valence-electron chi connectivity index (χ4n) is 0.384. The Balaban J connectivity index is 3.88. The van der Waals surface area contributed by atoms with Crippen LogP contribution >= 0.6 is 0 Å². The highest BCUT2D eigenvalue weighted by atomic mass is 16.6. The Hall–Kier alpha value is -0.570. The van der Waals surface area contributed by atoms with Crippen molar-refractivity contribution in [1.82, 2.24) is 0 Å². The van der Waals surface area contributed by atoms with E-state index in [-0.39, 0.29) is 5.97 Å². The highest BCUT2D eigenvalue weighted by Gasteiger charge is 2.24. The molecule has 0 amide bonds. The molecular weight excluding hydrogens is 144 g/mol. The summed E-state index contributed by atoms with van der Waals surface area (Å²) in [6.45, 7) is 6.99. The van der Waals surface area contributed by atoms with Crippen LogP contribution in [0.5, 0.6) is 0 Å². The second-order valence-corrected chi connectivity index (χ2v) is 3.52. The van der Waals surface area contributed by atoms with Gasteiger partial charge >= 0.3 is 5.97 Å². The van der Waals surface area contributed by atoms with Crippen molar-refractivity contribution in [2.24, 2.45) is 5.41 Å². The van der Waals surface area contributed by atoms with Crippen LogP contribution in [0.15, 0.2) is 0 Å². The first-order valence-corrected chi connectivity index (χ1v) is 3.77. The van der Waals surface area contributed by atoms with E-state index >= 15 is 0 Å². The number of aliphatic hydroxyl groups excluding tert-OH is 1. The van der Waals surface area contributed by atoms with Gasteiger partial charge in [0.15, 0.2) is 6.29 Å². The number of ether oxygens (including phenoxy) is 1. The summed E-state index contributed by atoms with van der Waals surface area (Å²) in [7, 11) is 0. The number of carbonyl (C=O) groups excluding carboxylic acids is 1. The molecule has 0 radical (unpaired) electrons. The lowest BCUT2D eigenvalue weighted by molar-refractivity contribution is -0.177. The van der Waals surface area contributed by atoms with Crippen molar-refractivity contribution in [2.45, 2.75) is 40.4 Å². The summed E-state index contributed by atoms with van der Waals surface area (Å²) in [5, 5.41) is 8.95. The maximum atomic E-state index is 11.1. The second kappa shape index (κ2) is 3.72. The number of hydrogen-bond donors (Lipinski definition) is 1. The first-order chi connectivity index (χ1) is 4.88. The Bertz CT molecular complexity index is 135. The van der Waals surface area contributed by atoms with Crippen LogP contribution in [0.4, 0.5) is 0 Å². The predicted octanol–water partition coefficient (Wildman–Crippen LogP) is 1.30. The third-order valence-corrected chi connectivity index (χ3v) is 1.20. The molecular formula is C8H16O3. The molecule has 0 saturated carbocycles. The van der Waals surface area contributed by atoms with Crippen molar-refractivity contribution in [1.29, 1.82) is 0 Å². The van der Waals surface area contributed by atoms with Crippen LogP contribution in [-0.4, -0.2) is 17.4 Å². The summed E-state index contributed by atoms with van der Waals surface area (Å²) in [6, 6.07) is 0. The zero-order valence-electron chi connectivity index (χ0n) is 7.55. The van der Waals surface area contributed by atoms with Crippen LogP contribution in [0, 0.1) is 5.41 Å². The molecule has 0 heterocycles. The van der Waals surface area contributed by atoms with Crippen LogP contribution in [0.25, 0.3) is 0 Å². The molecule has 0 aliphatic carbocycles. The minimum atomic E-state index is -0.957. The molecule has 0 bridgehead atoms. The minimum absolute atomic E-state index is 0.369. The monoisotopic (exact) mass is 160 g/mol. The van der Waals surface area contributed by atoms with Crippen molar-refractivity contribution in [3.63, 3.8) is 0 Å². The molecule has 0 aromatic heterocycles. The molecule has 1 N–H and O–H groups in total. The molecule has 1 unspecified atom stereocenters. The molecule has 11 heavy (non-hydrogen) atoms. The van der Waals surface area contributed by atoms with Gasteiger partial charge in [0.2, 0.25) is 0 Å². The van der Waals surface area contributed by atoms with Gasteiger partial charge in [0.1, 0.15) is 0 Å². The fraction of sp³-hybridized carbons (Fsp3) is 0.875. The van der Waals surface area contributed by atoms with E-state index in [0.717, 1.165) is 0 Å². The van der Waals surface area contributed by atoms with Gasteiger partial charge in [-0.2, -0.15) is 0 Å². The van der Waals surface area contributed by atoms with Crippen LogP contribution in [0.2, 0.25) is 0 Å². The van der Waals surface area contributed by atoms with Crippen molar-refractivity contribution in [2.75, 3.05) is 0 Å². The Morgan fingerprint density at radius 1 is 1.55 bits per heavy atom. The van der Waals surface area contributed by atoms with Crippen LogP contribution in [0.1, 0.15) is 34.1 Å². The summed E-state index contributed by atoms with van der Waals surface area (Å²) >= 11 is 0. The van der Waals surface area contributed by atoms with E-state index in [1.54, 1.807) is 27.7 Å². The Morgan fingerprint density at radius 3 is 2.27 bits per heavy atom. The molecule has 1 atom stereocenters. The minimum Gasteiger partial charge on any atom is -0.436 e. The van der Waals surface area contributed by atoms with Gasteiger partial charge < -0.3 is 9.84 Å². The molecule has 3 heteroatoms. The average Bonchev–Trinajstić information content (AvgIpc) is 1.85. The van der Waals surface area contributed by atoms with Crippen LogP contribution < -0.4 is 0 Å². The summed E-state index contributed by atoms with van der Waals surface area (Å²) in [5.74, 6) is -0.369. The smallest absolute Gasteiger partial charge is 0.313 e. The van der Waals surface area contributed by atoms with Crippen molar-refractivity contribution in [3.05, 3.63) is 0 Å². The molecule has 0 aliphatic rings. The molecule has 0 rings (SSSR count). The number of hydrogen-bond acceptors (Lipinski definition) is 3. The fourth-order valence-corrected chi connectivity index (χ4v) is 0.384. The first-order valence-electron chi connectivity index (χ1n) is 3.77. The topological polar surface area (TPSA) is 46.5 Å². The SMILES string of the molecule is CCC(O)OC(=O)C(C)(C)C. The van der Waals surface area contributed by atoms with Crippen LogP contribution in [-0.2, 0) is 9.53 Å². The highest BCUT2D eigenvalue weighted by Crippen LogP contribution is 2.16. The third-order valence-electron chi connectivity index (χ3n) is 1.20. The zero-order valence-corrected chi connectivity index (χ0v) is 7.55. The van der Waals surface area contributed by atoms with Crippen molar-refractivity contribution in [3.8, 4) is 0 Å².